The molecular formula is C26H26N4O3S. The SMILES string of the molecule is COc1ccc(-c2nnc(SCC(=O)Nc3cc(C)cc(C)c3)n2-c2ccccc2)cc1OC. The van der Waals surface area contributed by atoms with Crippen molar-refractivity contribution >= 4 is 23.4 Å². The number of carbonyl (C=O) groups is 1. The third-order valence-corrected chi connectivity index (χ3v) is 6.06. The molecule has 1 heterocycles. The standard InChI is InChI=1S/C26H26N4O3S/c1-17-12-18(2)14-20(13-17)27-24(31)16-34-26-29-28-25(30(26)21-8-6-5-7-9-21)19-10-11-22(32-3)23(15-19)33-4/h5-15H,16H2,1-4H3,(H,27,31). The van der Waals surface area contributed by atoms with Crippen LogP contribution in [-0.2, 0) is 4.79 Å². The minimum atomic E-state index is -0.106. The number of amides is 1. The lowest BCUT2D eigenvalue weighted by Gasteiger charge is -2.12. The second kappa shape index (κ2) is 10.4. The number of para-hydroxylation sites is 1. The zero-order chi connectivity index (χ0) is 24.1. The van der Waals surface area contributed by atoms with Crippen LogP contribution in [0.25, 0.3) is 17.1 Å². The highest BCUT2D eigenvalue weighted by molar-refractivity contribution is 7.99. The van der Waals surface area contributed by atoms with Crippen LogP contribution in [0.1, 0.15) is 11.1 Å². The summed E-state index contributed by atoms with van der Waals surface area (Å²) < 4.78 is 12.8. The maximum absolute atomic E-state index is 12.7. The molecule has 34 heavy (non-hydrogen) atoms. The summed E-state index contributed by atoms with van der Waals surface area (Å²) >= 11 is 1.33. The van der Waals surface area contributed by atoms with Gasteiger partial charge in [-0.3, -0.25) is 9.36 Å². The Balaban J connectivity index is 1.62. The van der Waals surface area contributed by atoms with E-state index in [0.29, 0.717) is 22.5 Å². The molecule has 0 unspecified atom stereocenters. The van der Waals surface area contributed by atoms with Gasteiger partial charge < -0.3 is 14.8 Å². The first-order valence-electron chi connectivity index (χ1n) is 10.7. The molecule has 4 aromatic rings. The highest BCUT2D eigenvalue weighted by Gasteiger charge is 2.19. The lowest BCUT2D eigenvalue weighted by Crippen LogP contribution is -2.14. The van der Waals surface area contributed by atoms with Crippen molar-refractivity contribution in [3.8, 4) is 28.6 Å². The highest BCUT2D eigenvalue weighted by Crippen LogP contribution is 2.34. The van der Waals surface area contributed by atoms with Gasteiger partial charge in [-0.25, -0.2) is 0 Å². The van der Waals surface area contributed by atoms with Crippen LogP contribution in [0.5, 0.6) is 11.5 Å². The molecule has 0 radical (unpaired) electrons. The Morgan fingerprint density at radius 1 is 0.912 bits per heavy atom. The second-order valence-corrected chi connectivity index (χ2v) is 8.70. The molecule has 0 saturated heterocycles. The van der Waals surface area contributed by atoms with E-state index in [-0.39, 0.29) is 11.7 Å². The van der Waals surface area contributed by atoms with Gasteiger partial charge in [-0.2, -0.15) is 0 Å². The summed E-state index contributed by atoms with van der Waals surface area (Å²) in [6.07, 6.45) is 0. The molecule has 8 heteroatoms. The number of aromatic nitrogens is 3. The first kappa shape index (κ1) is 23.4. The number of carbonyl (C=O) groups excluding carboxylic acids is 1. The van der Waals surface area contributed by atoms with Gasteiger partial charge in [0, 0.05) is 16.9 Å². The summed E-state index contributed by atoms with van der Waals surface area (Å²) in [6.45, 7) is 4.02. The van der Waals surface area contributed by atoms with Crippen LogP contribution < -0.4 is 14.8 Å². The van der Waals surface area contributed by atoms with Crippen LogP contribution in [0.2, 0.25) is 0 Å². The smallest absolute Gasteiger partial charge is 0.234 e. The van der Waals surface area contributed by atoms with Gasteiger partial charge >= 0.3 is 0 Å². The molecule has 0 atom stereocenters. The predicted octanol–water partition coefficient (Wildman–Crippen LogP) is 5.30. The Hall–Kier alpha value is -3.78. The van der Waals surface area contributed by atoms with Gasteiger partial charge in [0.25, 0.3) is 0 Å². The first-order valence-corrected chi connectivity index (χ1v) is 11.7. The molecule has 7 nitrogen and oxygen atoms in total. The van der Waals surface area contributed by atoms with E-state index in [1.54, 1.807) is 14.2 Å². The highest BCUT2D eigenvalue weighted by atomic mass is 32.2. The minimum absolute atomic E-state index is 0.106. The molecule has 0 fully saturated rings. The van der Waals surface area contributed by atoms with Gasteiger partial charge in [-0.05, 0) is 67.4 Å². The Kier molecular flexibility index (Phi) is 7.18. The fraction of sp³-hybridized carbons (Fsp3) is 0.192. The lowest BCUT2D eigenvalue weighted by molar-refractivity contribution is -0.113. The van der Waals surface area contributed by atoms with E-state index in [9.17, 15) is 4.79 Å². The molecule has 1 N–H and O–H groups in total. The molecule has 0 bridgehead atoms. The van der Waals surface area contributed by atoms with Crippen LogP contribution in [0.4, 0.5) is 5.69 Å². The van der Waals surface area contributed by atoms with E-state index in [2.05, 4.69) is 21.6 Å². The van der Waals surface area contributed by atoms with Crippen molar-refractivity contribution in [1.29, 1.82) is 0 Å². The number of thioether (sulfide) groups is 1. The summed E-state index contributed by atoms with van der Waals surface area (Å²) in [6, 6.07) is 21.4. The molecule has 1 aromatic heterocycles. The first-order chi connectivity index (χ1) is 16.5. The fourth-order valence-electron chi connectivity index (χ4n) is 3.71. The maximum atomic E-state index is 12.7. The number of hydrogen-bond donors (Lipinski definition) is 1. The van der Waals surface area contributed by atoms with Crippen molar-refractivity contribution in [3.05, 3.63) is 77.9 Å². The number of anilines is 1. The number of aryl methyl sites for hydroxylation is 2. The Labute approximate surface area is 203 Å². The summed E-state index contributed by atoms with van der Waals surface area (Å²) in [5.41, 5.74) is 4.71. The maximum Gasteiger partial charge on any atom is 0.234 e. The van der Waals surface area contributed by atoms with Gasteiger partial charge in [0.15, 0.2) is 22.5 Å². The lowest BCUT2D eigenvalue weighted by atomic mass is 10.1. The second-order valence-electron chi connectivity index (χ2n) is 7.76. The van der Waals surface area contributed by atoms with Crippen molar-refractivity contribution in [1.82, 2.24) is 14.8 Å². The molecule has 0 saturated carbocycles. The third-order valence-electron chi connectivity index (χ3n) is 5.13. The third kappa shape index (κ3) is 5.23. The molecular weight excluding hydrogens is 448 g/mol. The van der Waals surface area contributed by atoms with E-state index in [0.717, 1.165) is 28.1 Å². The average Bonchev–Trinajstić information content (AvgIpc) is 3.26. The quantitative estimate of drug-likeness (QED) is 0.349. The molecule has 4 rings (SSSR count). The van der Waals surface area contributed by atoms with Gasteiger partial charge in [-0.15, -0.1) is 10.2 Å². The largest absolute Gasteiger partial charge is 0.493 e. The van der Waals surface area contributed by atoms with Gasteiger partial charge in [0.2, 0.25) is 5.91 Å². The minimum Gasteiger partial charge on any atom is -0.493 e. The number of rotatable bonds is 8. The molecule has 174 valence electrons. The number of hydrogen-bond acceptors (Lipinski definition) is 6. The van der Waals surface area contributed by atoms with Crippen molar-refractivity contribution in [2.45, 2.75) is 19.0 Å². The summed E-state index contributed by atoms with van der Waals surface area (Å²) in [4.78, 5) is 12.7. The molecule has 1 amide bonds. The van der Waals surface area contributed by atoms with E-state index < -0.39 is 0 Å². The number of ether oxygens (including phenoxy) is 2. The number of nitrogens with zero attached hydrogens (tertiary/aromatic N) is 3. The molecule has 3 aromatic carbocycles. The van der Waals surface area contributed by atoms with E-state index >= 15 is 0 Å². The van der Waals surface area contributed by atoms with Crippen LogP contribution >= 0.6 is 11.8 Å². The van der Waals surface area contributed by atoms with Crippen LogP contribution in [-0.4, -0.2) is 40.6 Å². The predicted molar refractivity (Wildman–Crippen MR) is 135 cm³/mol. The molecule has 0 spiro atoms. The van der Waals surface area contributed by atoms with Gasteiger partial charge in [0.05, 0.1) is 20.0 Å². The number of nitrogens with one attached hydrogen (secondary N) is 1. The number of benzene rings is 3. The zero-order valence-electron chi connectivity index (χ0n) is 19.5. The number of methoxy groups -OCH3 is 2. The fourth-order valence-corrected chi connectivity index (χ4v) is 4.46. The monoisotopic (exact) mass is 474 g/mol. The normalized spacial score (nSPS) is 10.7. The topological polar surface area (TPSA) is 78.3 Å². The van der Waals surface area contributed by atoms with Crippen molar-refractivity contribution in [2.24, 2.45) is 0 Å². The van der Waals surface area contributed by atoms with Crippen molar-refractivity contribution < 1.29 is 14.3 Å². The van der Waals surface area contributed by atoms with Crippen molar-refractivity contribution in [3.63, 3.8) is 0 Å². The summed E-state index contributed by atoms with van der Waals surface area (Å²) in [5, 5.41) is 12.4. The zero-order valence-corrected chi connectivity index (χ0v) is 20.3. The van der Waals surface area contributed by atoms with Crippen molar-refractivity contribution in [2.75, 3.05) is 25.3 Å². The average molecular weight is 475 g/mol. The van der Waals surface area contributed by atoms with Crippen LogP contribution in [0.15, 0.2) is 71.9 Å². The summed E-state index contributed by atoms with van der Waals surface area (Å²) in [7, 11) is 3.20. The Morgan fingerprint density at radius 3 is 2.29 bits per heavy atom. The van der Waals surface area contributed by atoms with Crippen LogP contribution in [0, 0.1) is 13.8 Å². The molecule has 0 aliphatic heterocycles. The molecule has 0 aliphatic carbocycles. The van der Waals surface area contributed by atoms with Gasteiger partial charge in [-0.1, -0.05) is 36.0 Å². The van der Waals surface area contributed by atoms with Gasteiger partial charge in [0.1, 0.15) is 0 Å². The summed E-state index contributed by atoms with van der Waals surface area (Å²) in [5.74, 6) is 1.97. The Morgan fingerprint density at radius 2 is 1.62 bits per heavy atom. The molecule has 0 aliphatic rings. The van der Waals surface area contributed by atoms with Crippen LogP contribution in [0.3, 0.4) is 0 Å². The van der Waals surface area contributed by atoms with E-state index in [4.69, 9.17) is 9.47 Å². The van der Waals surface area contributed by atoms with E-state index in [1.807, 2.05) is 79.1 Å². The van der Waals surface area contributed by atoms with E-state index in [1.165, 1.54) is 11.8 Å². The Bertz CT molecular complexity index is 1280.